The number of aryl methyl sites for hydroxylation is 1. The van der Waals surface area contributed by atoms with Crippen LogP contribution in [0.3, 0.4) is 0 Å². The third-order valence-corrected chi connectivity index (χ3v) is 1.48. The van der Waals surface area contributed by atoms with Crippen LogP contribution in [0.5, 0.6) is 5.75 Å². The molecule has 0 saturated carbocycles. The second-order valence-electron chi connectivity index (χ2n) is 2.85. The summed E-state index contributed by atoms with van der Waals surface area (Å²) in [5.74, 6) is -0.0859. The summed E-state index contributed by atoms with van der Waals surface area (Å²) in [6, 6.07) is 0.0275. The maximum Gasteiger partial charge on any atom is 0.122 e. The van der Waals surface area contributed by atoms with Crippen LogP contribution in [0.15, 0.2) is 12.2 Å². The molecule has 60 valence electrons. The van der Waals surface area contributed by atoms with Crippen LogP contribution in [0.1, 0.15) is 33.8 Å². The summed E-state index contributed by atoms with van der Waals surface area (Å²) in [7, 11) is 0. The van der Waals surface area contributed by atoms with Gasteiger partial charge in [0.2, 0.25) is 0 Å². The molecule has 0 atom stereocenters. The molecule has 1 heterocycles. The SMILES string of the molecule is [2H]c1nc(C)c([2H])c(O)c1C(C)C. The van der Waals surface area contributed by atoms with Crippen LogP contribution in [0, 0.1) is 6.92 Å². The standard InChI is InChI=1S/C9H13NO/c1-6(2)8-5-10-7(3)4-9(8)11/h4-6H,1-3H3,(H,10,11)/i4D,5D. The first kappa shape index (κ1) is 5.58. The number of rotatable bonds is 1. The van der Waals surface area contributed by atoms with Crippen molar-refractivity contribution in [3.63, 3.8) is 0 Å². The largest absolute Gasteiger partial charge is 0.508 e. The van der Waals surface area contributed by atoms with E-state index in [0.29, 0.717) is 11.3 Å². The monoisotopic (exact) mass is 153 g/mol. The highest BCUT2D eigenvalue weighted by atomic mass is 16.3. The van der Waals surface area contributed by atoms with Gasteiger partial charge in [0.25, 0.3) is 0 Å². The summed E-state index contributed by atoms with van der Waals surface area (Å²) in [4.78, 5) is 3.87. The predicted molar refractivity (Wildman–Crippen MR) is 44.7 cm³/mol. The van der Waals surface area contributed by atoms with E-state index >= 15 is 0 Å². The number of hydrogen-bond donors (Lipinski definition) is 1. The van der Waals surface area contributed by atoms with Gasteiger partial charge in [-0.3, -0.25) is 4.98 Å². The molecule has 2 heteroatoms. The topological polar surface area (TPSA) is 33.1 Å². The highest BCUT2D eigenvalue weighted by molar-refractivity contribution is 5.33. The fraction of sp³-hybridized carbons (Fsp3) is 0.444. The lowest BCUT2D eigenvalue weighted by Crippen LogP contribution is -1.90. The van der Waals surface area contributed by atoms with E-state index in [-0.39, 0.29) is 23.9 Å². The Kier molecular flexibility index (Phi) is 1.47. The van der Waals surface area contributed by atoms with Crippen molar-refractivity contribution in [2.45, 2.75) is 26.7 Å². The molecule has 0 radical (unpaired) electrons. The summed E-state index contributed by atoms with van der Waals surface area (Å²) >= 11 is 0. The number of aromatic nitrogens is 1. The Balaban J connectivity index is 3.44. The van der Waals surface area contributed by atoms with Gasteiger partial charge in [-0.1, -0.05) is 13.8 Å². The van der Waals surface area contributed by atoms with Gasteiger partial charge in [-0.15, -0.1) is 0 Å². The molecule has 0 fully saturated rings. The Hall–Kier alpha value is -1.05. The molecule has 0 amide bonds. The number of hydrogen-bond acceptors (Lipinski definition) is 2. The molecule has 1 N–H and O–H groups in total. The Labute approximate surface area is 69.7 Å². The van der Waals surface area contributed by atoms with Gasteiger partial charge in [0, 0.05) is 23.5 Å². The first-order valence-corrected chi connectivity index (χ1v) is 3.61. The zero-order chi connectivity index (χ0) is 10.2. The van der Waals surface area contributed by atoms with Crippen molar-refractivity contribution in [3.8, 4) is 5.75 Å². The summed E-state index contributed by atoms with van der Waals surface area (Å²) in [6.45, 7) is 5.34. The van der Waals surface area contributed by atoms with Crippen LogP contribution in [-0.4, -0.2) is 10.1 Å². The van der Waals surface area contributed by atoms with E-state index in [1.807, 2.05) is 13.8 Å². The molecule has 2 nitrogen and oxygen atoms in total. The van der Waals surface area contributed by atoms with Gasteiger partial charge in [0.1, 0.15) is 5.75 Å². The summed E-state index contributed by atoms with van der Waals surface area (Å²) in [5, 5.41) is 9.58. The fourth-order valence-corrected chi connectivity index (χ4v) is 0.866. The van der Waals surface area contributed by atoms with Gasteiger partial charge in [-0.05, 0) is 12.8 Å². The maximum atomic E-state index is 9.58. The lowest BCUT2D eigenvalue weighted by molar-refractivity contribution is 0.463. The second-order valence-corrected chi connectivity index (χ2v) is 2.85. The highest BCUT2D eigenvalue weighted by Gasteiger charge is 2.05. The Morgan fingerprint density at radius 2 is 2.27 bits per heavy atom. The first-order valence-electron chi connectivity index (χ1n) is 4.61. The van der Waals surface area contributed by atoms with Crippen LogP contribution in [0.2, 0.25) is 0 Å². The molecule has 0 aliphatic heterocycles. The smallest absolute Gasteiger partial charge is 0.122 e. The minimum Gasteiger partial charge on any atom is -0.508 e. The molecule has 0 bridgehead atoms. The van der Waals surface area contributed by atoms with Crippen molar-refractivity contribution in [1.29, 1.82) is 0 Å². The van der Waals surface area contributed by atoms with E-state index in [4.69, 9.17) is 2.74 Å². The van der Waals surface area contributed by atoms with Crippen LogP contribution in [-0.2, 0) is 0 Å². The molecule has 0 unspecified atom stereocenters. The van der Waals surface area contributed by atoms with E-state index in [9.17, 15) is 5.11 Å². The molecule has 1 aromatic rings. The lowest BCUT2D eigenvalue weighted by atomic mass is 10.0. The number of nitrogens with zero attached hydrogens (tertiary/aromatic N) is 1. The quantitative estimate of drug-likeness (QED) is 0.671. The van der Waals surface area contributed by atoms with Crippen LogP contribution < -0.4 is 0 Å². The van der Waals surface area contributed by atoms with Gasteiger partial charge in [0.05, 0.1) is 2.74 Å². The van der Waals surface area contributed by atoms with Gasteiger partial charge in [0.15, 0.2) is 0 Å². The lowest BCUT2D eigenvalue weighted by Gasteiger charge is -2.06. The average molecular weight is 153 g/mol. The average Bonchev–Trinajstić information content (AvgIpc) is 1.99. The molecule has 0 aliphatic carbocycles. The first-order chi connectivity index (χ1) is 5.95. The van der Waals surface area contributed by atoms with Gasteiger partial charge in [-0.25, -0.2) is 0 Å². The van der Waals surface area contributed by atoms with Crippen molar-refractivity contribution in [2.75, 3.05) is 0 Å². The number of aromatic hydroxyl groups is 1. The molecule has 0 saturated heterocycles. The minimum atomic E-state index is -0.104. The molecule has 1 rings (SSSR count). The van der Waals surface area contributed by atoms with E-state index in [0.717, 1.165) is 0 Å². The summed E-state index contributed by atoms with van der Waals surface area (Å²) < 4.78 is 15.0. The normalized spacial score (nSPS) is 13.1. The Morgan fingerprint density at radius 3 is 2.82 bits per heavy atom. The fourth-order valence-electron chi connectivity index (χ4n) is 0.866. The van der Waals surface area contributed by atoms with Crippen molar-refractivity contribution < 1.29 is 7.85 Å². The minimum absolute atomic E-state index is 0.0182. The maximum absolute atomic E-state index is 9.58. The van der Waals surface area contributed by atoms with Gasteiger partial charge < -0.3 is 5.11 Å². The second kappa shape index (κ2) is 2.91. The molecule has 0 spiro atoms. The molecular weight excluding hydrogens is 138 g/mol. The van der Waals surface area contributed by atoms with Crippen LogP contribution in [0.4, 0.5) is 0 Å². The van der Waals surface area contributed by atoms with Crippen LogP contribution in [0.25, 0.3) is 0 Å². The van der Waals surface area contributed by atoms with Crippen molar-refractivity contribution in [3.05, 3.63) is 23.5 Å². The zero-order valence-corrected chi connectivity index (χ0v) is 6.97. The zero-order valence-electron chi connectivity index (χ0n) is 8.97. The Bertz CT molecular complexity index is 337. The van der Waals surface area contributed by atoms with E-state index in [1.54, 1.807) is 6.92 Å². The van der Waals surface area contributed by atoms with Crippen LogP contribution >= 0.6 is 0 Å². The Morgan fingerprint density at radius 1 is 1.64 bits per heavy atom. The van der Waals surface area contributed by atoms with Gasteiger partial charge >= 0.3 is 0 Å². The molecule has 0 aromatic carbocycles. The number of pyridine rings is 1. The van der Waals surface area contributed by atoms with Crippen molar-refractivity contribution >= 4 is 0 Å². The predicted octanol–water partition coefficient (Wildman–Crippen LogP) is 2.22. The van der Waals surface area contributed by atoms with E-state index in [1.165, 1.54) is 0 Å². The van der Waals surface area contributed by atoms with Gasteiger partial charge in [-0.2, -0.15) is 0 Å². The molecular formula is C9H13NO. The summed E-state index contributed by atoms with van der Waals surface area (Å²) in [6.07, 6.45) is 0.0704. The van der Waals surface area contributed by atoms with Crippen molar-refractivity contribution in [2.24, 2.45) is 0 Å². The molecule has 11 heavy (non-hydrogen) atoms. The van der Waals surface area contributed by atoms with E-state index < -0.39 is 0 Å². The van der Waals surface area contributed by atoms with E-state index in [2.05, 4.69) is 4.98 Å². The highest BCUT2D eigenvalue weighted by Crippen LogP contribution is 2.24. The molecule has 1 aromatic heterocycles. The molecule has 0 aliphatic rings. The van der Waals surface area contributed by atoms with Crippen molar-refractivity contribution in [1.82, 2.24) is 4.98 Å². The summed E-state index contributed by atoms with van der Waals surface area (Å²) in [5.41, 5.74) is 0.850. The third-order valence-electron chi connectivity index (χ3n) is 1.48. The third kappa shape index (κ3) is 1.70.